The smallest absolute Gasteiger partial charge is 0.275 e. The number of benzene rings is 2. The standard InChI is InChI=1S/C26H34N4O5S/c1-19(2)25-20(3)28(4)30(26(25)31)22-7-11-24(12-8-22)36(32,33)27-21-5-9-23(10-6-21)35-18-15-29-13-16-34-17-14-29/h5-12,19,27H,13-18H2,1-4H3. The molecule has 1 aromatic heterocycles. The number of sulfonamides is 1. The lowest BCUT2D eigenvalue weighted by atomic mass is 10.0. The van der Waals surface area contributed by atoms with Gasteiger partial charge in [0, 0.05) is 43.6 Å². The van der Waals surface area contributed by atoms with Crippen LogP contribution in [0.5, 0.6) is 5.75 Å². The van der Waals surface area contributed by atoms with Gasteiger partial charge in [-0.1, -0.05) is 13.8 Å². The van der Waals surface area contributed by atoms with Crippen molar-refractivity contribution in [2.45, 2.75) is 31.6 Å². The lowest BCUT2D eigenvalue weighted by Crippen LogP contribution is -2.38. The number of ether oxygens (including phenoxy) is 2. The summed E-state index contributed by atoms with van der Waals surface area (Å²) in [6.45, 7) is 10.6. The first-order chi connectivity index (χ1) is 17.2. The Bertz CT molecular complexity index is 1340. The van der Waals surface area contributed by atoms with E-state index in [2.05, 4.69) is 9.62 Å². The third kappa shape index (κ3) is 5.66. The third-order valence-corrected chi connectivity index (χ3v) is 7.85. The summed E-state index contributed by atoms with van der Waals surface area (Å²) in [5, 5.41) is 0. The SMILES string of the molecule is Cc1c(C(C)C)c(=O)n(-c2ccc(S(=O)(=O)Nc3ccc(OCCN4CCOCC4)cc3)cc2)n1C. The van der Waals surface area contributed by atoms with Gasteiger partial charge in [0.05, 0.1) is 23.8 Å². The molecule has 0 saturated carbocycles. The summed E-state index contributed by atoms with van der Waals surface area (Å²) in [6, 6.07) is 13.1. The van der Waals surface area contributed by atoms with Crippen LogP contribution < -0.4 is 15.0 Å². The molecule has 0 spiro atoms. The quantitative estimate of drug-likeness (QED) is 0.472. The molecule has 0 radical (unpaired) electrons. The maximum absolute atomic E-state index is 12.9. The average molecular weight is 515 g/mol. The van der Waals surface area contributed by atoms with Crippen molar-refractivity contribution in [2.24, 2.45) is 7.05 Å². The Morgan fingerprint density at radius 2 is 1.67 bits per heavy atom. The van der Waals surface area contributed by atoms with Crippen LogP contribution in [0.4, 0.5) is 5.69 Å². The highest BCUT2D eigenvalue weighted by Gasteiger charge is 2.20. The predicted molar refractivity (Wildman–Crippen MR) is 140 cm³/mol. The van der Waals surface area contributed by atoms with Crippen molar-refractivity contribution in [1.29, 1.82) is 0 Å². The van der Waals surface area contributed by atoms with Crippen LogP contribution in [0.15, 0.2) is 58.2 Å². The van der Waals surface area contributed by atoms with Crippen molar-refractivity contribution >= 4 is 15.7 Å². The fourth-order valence-corrected chi connectivity index (χ4v) is 5.46. The number of nitrogens with one attached hydrogen (secondary N) is 1. The van der Waals surface area contributed by atoms with Gasteiger partial charge < -0.3 is 9.47 Å². The highest BCUT2D eigenvalue weighted by atomic mass is 32.2. The largest absolute Gasteiger partial charge is 0.492 e. The van der Waals surface area contributed by atoms with Gasteiger partial charge in [0.2, 0.25) is 0 Å². The molecule has 0 atom stereocenters. The van der Waals surface area contributed by atoms with E-state index in [9.17, 15) is 13.2 Å². The van der Waals surface area contributed by atoms with Gasteiger partial charge in [0.25, 0.3) is 15.6 Å². The summed E-state index contributed by atoms with van der Waals surface area (Å²) < 4.78 is 43.0. The molecule has 0 bridgehead atoms. The van der Waals surface area contributed by atoms with E-state index < -0.39 is 10.0 Å². The molecule has 1 aliphatic heterocycles. The summed E-state index contributed by atoms with van der Waals surface area (Å²) in [5.41, 5.74) is 2.60. The second-order valence-corrected chi connectivity index (χ2v) is 10.9. The highest BCUT2D eigenvalue weighted by Crippen LogP contribution is 2.22. The van der Waals surface area contributed by atoms with Gasteiger partial charge in [-0.05, 0) is 61.4 Å². The maximum Gasteiger partial charge on any atom is 0.275 e. The van der Waals surface area contributed by atoms with E-state index in [4.69, 9.17) is 9.47 Å². The molecular formula is C26H34N4O5S. The van der Waals surface area contributed by atoms with E-state index in [-0.39, 0.29) is 16.4 Å². The molecular weight excluding hydrogens is 480 g/mol. The maximum atomic E-state index is 12.9. The number of rotatable bonds is 9. The monoisotopic (exact) mass is 514 g/mol. The molecule has 1 aliphatic rings. The van der Waals surface area contributed by atoms with Gasteiger partial charge in [-0.15, -0.1) is 0 Å². The molecule has 3 aromatic rings. The molecule has 9 nitrogen and oxygen atoms in total. The van der Waals surface area contributed by atoms with Crippen molar-refractivity contribution in [3.05, 3.63) is 70.1 Å². The van der Waals surface area contributed by atoms with Crippen LogP contribution in [0.25, 0.3) is 5.69 Å². The molecule has 4 rings (SSSR count). The van der Waals surface area contributed by atoms with Gasteiger partial charge in [-0.25, -0.2) is 13.1 Å². The number of hydrogen-bond donors (Lipinski definition) is 1. The molecule has 2 heterocycles. The molecule has 194 valence electrons. The van der Waals surface area contributed by atoms with Crippen LogP contribution in [0.3, 0.4) is 0 Å². The number of nitrogens with zero attached hydrogens (tertiary/aromatic N) is 3. The lowest BCUT2D eigenvalue weighted by molar-refractivity contribution is 0.0322. The second kappa shape index (κ2) is 10.9. The van der Waals surface area contributed by atoms with Crippen LogP contribution >= 0.6 is 0 Å². The van der Waals surface area contributed by atoms with Gasteiger partial charge in [-0.3, -0.25) is 19.1 Å². The minimum Gasteiger partial charge on any atom is -0.492 e. The van der Waals surface area contributed by atoms with Crippen LogP contribution in [0.1, 0.15) is 31.0 Å². The van der Waals surface area contributed by atoms with E-state index in [1.54, 1.807) is 45.8 Å². The van der Waals surface area contributed by atoms with Crippen LogP contribution in [0.2, 0.25) is 0 Å². The van der Waals surface area contributed by atoms with Crippen molar-refractivity contribution in [3.8, 4) is 11.4 Å². The molecule has 2 aromatic carbocycles. The first-order valence-corrected chi connectivity index (χ1v) is 13.6. The van der Waals surface area contributed by atoms with Gasteiger partial charge in [0.15, 0.2) is 0 Å². The van der Waals surface area contributed by atoms with Crippen molar-refractivity contribution in [3.63, 3.8) is 0 Å². The fourth-order valence-electron chi connectivity index (χ4n) is 4.40. The first-order valence-electron chi connectivity index (χ1n) is 12.1. The summed E-state index contributed by atoms with van der Waals surface area (Å²) >= 11 is 0. The summed E-state index contributed by atoms with van der Waals surface area (Å²) in [4.78, 5) is 15.3. The number of morpholine rings is 1. The van der Waals surface area contributed by atoms with Crippen molar-refractivity contribution in [2.75, 3.05) is 44.2 Å². The molecule has 36 heavy (non-hydrogen) atoms. The number of hydrogen-bond acceptors (Lipinski definition) is 6. The zero-order valence-corrected chi connectivity index (χ0v) is 22.0. The minimum atomic E-state index is -3.80. The van der Waals surface area contributed by atoms with Gasteiger partial charge in [0.1, 0.15) is 12.4 Å². The van der Waals surface area contributed by atoms with E-state index in [0.29, 0.717) is 23.7 Å². The molecule has 0 unspecified atom stereocenters. The van der Waals surface area contributed by atoms with Gasteiger partial charge >= 0.3 is 0 Å². The third-order valence-electron chi connectivity index (χ3n) is 6.45. The van der Waals surface area contributed by atoms with E-state index in [1.165, 1.54) is 12.1 Å². The Kier molecular flexibility index (Phi) is 7.87. The Morgan fingerprint density at radius 3 is 2.25 bits per heavy atom. The highest BCUT2D eigenvalue weighted by molar-refractivity contribution is 7.92. The Balaban J connectivity index is 1.41. The number of aromatic nitrogens is 2. The molecule has 0 aliphatic carbocycles. The summed E-state index contributed by atoms with van der Waals surface area (Å²) in [5.74, 6) is 0.773. The number of anilines is 1. The van der Waals surface area contributed by atoms with E-state index >= 15 is 0 Å². The molecule has 1 N–H and O–H groups in total. The summed E-state index contributed by atoms with van der Waals surface area (Å²) in [6.07, 6.45) is 0. The minimum absolute atomic E-state index is 0.0917. The Labute approximate surface area is 212 Å². The Hall–Kier alpha value is -3.08. The first kappa shape index (κ1) is 26.0. The predicted octanol–water partition coefficient (Wildman–Crippen LogP) is 3.12. The molecule has 10 heteroatoms. The van der Waals surface area contributed by atoms with Crippen molar-refractivity contribution in [1.82, 2.24) is 14.3 Å². The zero-order chi connectivity index (χ0) is 25.9. The van der Waals surface area contributed by atoms with E-state index in [1.807, 2.05) is 27.8 Å². The fraction of sp³-hybridized carbons (Fsp3) is 0.423. The molecule has 1 saturated heterocycles. The van der Waals surface area contributed by atoms with Crippen LogP contribution in [-0.2, 0) is 21.8 Å². The molecule has 1 fully saturated rings. The second-order valence-electron chi connectivity index (χ2n) is 9.22. The van der Waals surface area contributed by atoms with Crippen LogP contribution in [0, 0.1) is 6.92 Å². The van der Waals surface area contributed by atoms with Crippen molar-refractivity contribution < 1.29 is 17.9 Å². The van der Waals surface area contributed by atoms with E-state index in [0.717, 1.165) is 44.1 Å². The average Bonchev–Trinajstić information content (AvgIpc) is 3.08. The Morgan fingerprint density at radius 1 is 1.03 bits per heavy atom. The zero-order valence-electron chi connectivity index (χ0n) is 21.2. The van der Waals surface area contributed by atoms with Crippen LogP contribution in [-0.4, -0.2) is 62.1 Å². The summed E-state index contributed by atoms with van der Waals surface area (Å²) in [7, 11) is -1.97. The molecule has 0 amide bonds. The van der Waals surface area contributed by atoms with Gasteiger partial charge in [-0.2, -0.15) is 0 Å². The normalized spacial score (nSPS) is 14.8. The topological polar surface area (TPSA) is 94.8 Å². The lowest BCUT2D eigenvalue weighted by Gasteiger charge is -2.26.